The molecule has 1 aliphatic heterocycles. The quantitative estimate of drug-likeness (QED) is 0.773. The molecule has 5 nitrogen and oxygen atoms in total. The van der Waals surface area contributed by atoms with Crippen molar-refractivity contribution < 1.29 is 4.79 Å². The van der Waals surface area contributed by atoms with Crippen LogP contribution in [0.1, 0.15) is 30.3 Å². The van der Waals surface area contributed by atoms with Gasteiger partial charge in [-0.25, -0.2) is 0 Å². The van der Waals surface area contributed by atoms with Crippen LogP contribution in [0.3, 0.4) is 0 Å². The predicted molar refractivity (Wildman–Crippen MR) is 61.2 cm³/mol. The maximum Gasteiger partial charge on any atom is 0.271 e. The third-order valence-electron chi connectivity index (χ3n) is 3.04. The molecule has 1 aromatic rings. The second kappa shape index (κ2) is 4.25. The average Bonchev–Trinajstić information content (AvgIpc) is 2.85. The number of rotatable bonds is 3. The fraction of sp³-hybridized carbons (Fsp3) is 0.636. The van der Waals surface area contributed by atoms with Gasteiger partial charge in [0.25, 0.3) is 5.91 Å². The lowest BCUT2D eigenvalue weighted by atomic mass is 10.0. The highest BCUT2D eigenvalue weighted by Crippen LogP contribution is 2.17. The predicted octanol–water partition coefficient (Wildman–Crippen LogP) is 0.292. The Morgan fingerprint density at radius 1 is 1.75 bits per heavy atom. The highest BCUT2D eigenvalue weighted by molar-refractivity contribution is 5.92. The van der Waals surface area contributed by atoms with Crippen molar-refractivity contribution in [2.24, 2.45) is 7.05 Å². The molecule has 1 atom stereocenters. The maximum absolute atomic E-state index is 11.7. The van der Waals surface area contributed by atoms with Crippen molar-refractivity contribution in [2.45, 2.75) is 25.3 Å². The van der Waals surface area contributed by atoms with Gasteiger partial charge in [0.15, 0.2) is 0 Å². The summed E-state index contributed by atoms with van der Waals surface area (Å²) in [6.07, 6.45) is 4.05. The van der Waals surface area contributed by atoms with Crippen LogP contribution < -0.4 is 10.6 Å². The minimum Gasteiger partial charge on any atom is -0.349 e. The van der Waals surface area contributed by atoms with E-state index in [1.807, 2.05) is 0 Å². The van der Waals surface area contributed by atoms with E-state index in [1.54, 1.807) is 24.0 Å². The molecule has 16 heavy (non-hydrogen) atoms. The van der Waals surface area contributed by atoms with E-state index in [0.29, 0.717) is 12.2 Å². The van der Waals surface area contributed by atoms with Gasteiger partial charge >= 0.3 is 0 Å². The third-order valence-corrected chi connectivity index (χ3v) is 3.04. The summed E-state index contributed by atoms with van der Waals surface area (Å²) in [7, 11) is 1.80. The highest BCUT2D eigenvalue weighted by Gasteiger charge is 2.28. The van der Waals surface area contributed by atoms with Crippen LogP contribution in [0.15, 0.2) is 12.3 Å². The van der Waals surface area contributed by atoms with Crippen LogP contribution in [-0.2, 0) is 7.05 Å². The minimum atomic E-state index is -0.101. The van der Waals surface area contributed by atoms with Crippen molar-refractivity contribution in [1.29, 1.82) is 0 Å². The summed E-state index contributed by atoms with van der Waals surface area (Å²) in [5.74, 6) is -0.101. The molecule has 2 N–H and O–H groups in total. The first-order valence-corrected chi connectivity index (χ1v) is 5.62. The average molecular weight is 222 g/mol. The molecule has 2 heterocycles. The Kier molecular flexibility index (Phi) is 2.96. The molecular formula is C11H18N4O. The van der Waals surface area contributed by atoms with Crippen molar-refractivity contribution in [2.75, 3.05) is 13.1 Å². The lowest BCUT2D eigenvalue weighted by Gasteiger charge is -2.24. The first-order chi connectivity index (χ1) is 7.59. The molecule has 1 amide bonds. The Balaban J connectivity index is 1.88. The molecule has 0 aliphatic carbocycles. The van der Waals surface area contributed by atoms with Crippen LogP contribution in [0, 0.1) is 0 Å². The fourth-order valence-electron chi connectivity index (χ4n) is 2.01. The molecular weight excluding hydrogens is 204 g/mol. The van der Waals surface area contributed by atoms with Gasteiger partial charge in [0.2, 0.25) is 0 Å². The van der Waals surface area contributed by atoms with E-state index in [4.69, 9.17) is 0 Å². The number of amides is 1. The molecule has 1 unspecified atom stereocenters. The maximum atomic E-state index is 11.7. The van der Waals surface area contributed by atoms with Crippen LogP contribution in [0.25, 0.3) is 0 Å². The number of nitrogens with zero attached hydrogens (tertiary/aromatic N) is 2. The first-order valence-electron chi connectivity index (χ1n) is 5.62. The second-order valence-electron chi connectivity index (χ2n) is 4.65. The first kappa shape index (κ1) is 11.1. The molecule has 88 valence electrons. The molecule has 0 bridgehead atoms. The number of aryl methyl sites for hydroxylation is 1. The number of carbonyl (C=O) groups is 1. The number of hydrogen-bond acceptors (Lipinski definition) is 3. The summed E-state index contributed by atoms with van der Waals surface area (Å²) < 4.78 is 1.63. The summed E-state index contributed by atoms with van der Waals surface area (Å²) in [5, 5.41) is 10.4. The van der Waals surface area contributed by atoms with Crippen LogP contribution in [0.4, 0.5) is 0 Å². The molecule has 0 saturated carbocycles. The molecule has 1 saturated heterocycles. The van der Waals surface area contributed by atoms with Crippen LogP contribution in [0.2, 0.25) is 0 Å². The minimum absolute atomic E-state index is 0.0461. The number of nitrogens with one attached hydrogen (secondary N) is 2. The van der Waals surface area contributed by atoms with E-state index in [0.717, 1.165) is 13.0 Å². The van der Waals surface area contributed by atoms with E-state index < -0.39 is 0 Å². The van der Waals surface area contributed by atoms with Gasteiger partial charge in [0.05, 0.1) is 0 Å². The monoisotopic (exact) mass is 222 g/mol. The standard InChI is InChI=1S/C11H18N4O/c1-11(5-3-6-13-11)8-12-10(16)9-4-7-15(2)14-9/h4,7,13H,3,5-6,8H2,1-2H3,(H,12,16). The van der Waals surface area contributed by atoms with Gasteiger partial charge in [0, 0.05) is 25.3 Å². The number of hydrogen-bond donors (Lipinski definition) is 2. The zero-order valence-electron chi connectivity index (χ0n) is 9.79. The van der Waals surface area contributed by atoms with Gasteiger partial charge < -0.3 is 10.6 Å². The van der Waals surface area contributed by atoms with E-state index in [9.17, 15) is 4.79 Å². The van der Waals surface area contributed by atoms with Crippen molar-refractivity contribution in [1.82, 2.24) is 20.4 Å². The van der Waals surface area contributed by atoms with Crippen molar-refractivity contribution in [3.8, 4) is 0 Å². The van der Waals surface area contributed by atoms with E-state index in [1.165, 1.54) is 6.42 Å². The van der Waals surface area contributed by atoms with Gasteiger partial charge in [-0.15, -0.1) is 0 Å². The Morgan fingerprint density at radius 2 is 2.56 bits per heavy atom. The molecule has 2 rings (SSSR count). The topological polar surface area (TPSA) is 59.0 Å². The fourth-order valence-corrected chi connectivity index (χ4v) is 2.01. The van der Waals surface area contributed by atoms with Crippen molar-refractivity contribution in [3.63, 3.8) is 0 Å². The molecule has 5 heteroatoms. The SMILES string of the molecule is Cn1ccc(C(=O)NCC2(C)CCCN2)n1. The van der Waals surface area contributed by atoms with Crippen molar-refractivity contribution in [3.05, 3.63) is 18.0 Å². The zero-order chi connectivity index (χ0) is 11.6. The Morgan fingerprint density at radius 3 is 3.12 bits per heavy atom. The third kappa shape index (κ3) is 2.41. The Bertz CT molecular complexity index is 379. The number of aromatic nitrogens is 2. The summed E-state index contributed by atoms with van der Waals surface area (Å²) in [6, 6.07) is 1.72. The lowest BCUT2D eigenvalue weighted by molar-refractivity contribution is 0.0937. The summed E-state index contributed by atoms with van der Waals surface area (Å²) in [4.78, 5) is 11.7. The lowest BCUT2D eigenvalue weighted by Crippen LogP contribution is -2.47. The van der Waals surface area contributed by atoms with Crippen LogP contribution >= 0.6 is 0 Å². The molecule has 1 aliphatic rings. The van der Waals surface area contributed by atoms with Crippen LogP contribution in [-0.4, -0.2) is 34.3 Å². The molecule has 0 aromatic carbocycles. The highest BCUT2D eigenvalue weighted by atomic mass is 16.1. The molecule has 1 fully saturated rings. The summed E-state index contributed by atoms with van der Waals surface area (Å²) in [6.45, 7) is 3.83. The zero-order valence-corrected chi connectivity index (χ0v) is 9.79. The van der Waals surface area contributed by atoms with Crippen LogP contribution in [0.5, 0.6) is 0 Å². The van der Waals surface area contributed by atoms with Gasteiger partial charge in [-0.1, -0.05) is 0 Å². The molecule has 0 spiro atoms. The van der Waals surface area contributed by atoms with E-state index >= 15 is 0 Å². The van der Waals surface area contributed by atoms with Gasteiger partial charge in [-0.05, 0) is 32.4 Å². The summed E-state index contributed by atoms with van der Waals surface area (Å²) in [5.41, 5.74) is 0.522. The van der Waals surface area contributed by atoms with Gasteiger partial charge in [0.1, 0.15) is 5.69 Å². The summed E-state index contributed by atoms with van der Waals surface area (Å²) >= 11 is 0. The normalized spacial score (nSPS) is 24.6. The number of carbonyl (C=O) groups excluding carboxylic acids is 1. The Labute approximate surface area is 95.2 Å². The van der Waals surface area contributed by atoms with E-state index in [2.05, 4.69) is 22.7 Å². The van der Waals surface area contributed by atoms with Crippen molar-refractivity contribution >= 4 is 5.91 Å². The van der Waals surface area contributed by atoms with Gasteiger partial charge in [-0.3, -0.25) is 9.48 Å². The smallest absolute Gasteiger partial charge is 0.271 e. The van der Waals surface area contributed by atoms with Gasteiger partial charge in [-0.2, -0.15) is 5.10 Å². The van der Waals surface area contributed by atoms with E-state index in [-0.39, 0.29) is 11.4 Å². The molecule has 1 aromatic heterocycles. The molecule has 0 radical (unpaired) electrons. The largest absolute Gasteiger partial charge is 0.349 e. The Hall–Kier alpha value is -1.36. The second-order valence-corrected chi connectivity index (χ2v) is 4.65.